The first-order valence-corrected chi connectivity index (χ1v) is 13.4. The third-order valence-electron chi connectivity index (χ3n) is 7.04. The van der Waals surface area contributed by atoms with E-state index >= 15 is 0 Å². The second-order valence-corrected chi connectivity index (χ2v) is 10.4. The molecule has 1 fully saturated rings. The number of aromatic nitrogens is 2. The molecule has 0 saturated carbocycles. The number of nitrogens with one attached hydrogen (secondary N) is 2. The van der Waals surface area contributed by atoms with Gasteiger partial charge < -0.3 is 20.1 Å². The van der Waals surface area contributed by atoms with Crippen LogP contribution in [0.1, 0.15) is 46.7 Å². The number of nitrogens with zero attached hydrogens (tertiary/aromatic N) is 3. The highest BCUT2D eigenvalue weighted by molar-refractivity contribution is 7.80. The Labute approximate surface area is 233 Å². The Kier molecular flexibility index (Phi) is 7.49. The molecule has 2 aromatic carbocycles. The number of para-hydroxylation sites is 1. The molecule has 0 spiro atoms. The normalized spacial score (nSPS) is 16.9. The van der Waals surface area contributed by atoms with Gasteiger partial charge in [0, 0.05) is 46.9 Å². The highest BCUT2D eigenvalue weighted by Crippen LogP contribution is 2.41. The monoisotopic (exact) mass is 543 g/mol. The summed E-state index contributed by atoms with van der Waals surface area (Å²) < 4.78 is 2.24. The van der Waals surface area contributed by atoms with E-state index in [1.54, 1.807) is 6.20 Å². The van der Waals surface area contributed by atoms with Gasteiger partial charge in [0.25, 0.3) is 0 Å². The molecule has 2 atom stereocenters. The van der Waals surface area contributed by atoms with Crippen LogP contribution in [-0.2, 0) is 4.79 Å². The van der Waals surface area contributed by atoms with Crippen molar-refractivity contribution in [2.24, 2.45) is 0 Å². The molecular formula is C30H30ClN5OS. The minimum absolute atomic E-state index is 0.0564. The summed E-state index contributed by atoms with van der Waals surface area (Å²) in [5.74, 6) is -0.0564. The van der Waals surface area contributed by atoms with E-state index in [0.29, 0.717) is 23.1 Å². The van der Waals surface area contributed by atoms with Gasteiger partial charge in [0.05, 0.1) is 17.8 Å². The number of carbonyl (C=O) groups is 1. The average Bonchev–Trinajstić information content (AvgIpc) is 3.39. The quantitative estimate of drug-likeness (QED) is 0.262. The van der Waals surface area contributed by atoms with Gasteiger partial charge in [0.2, 0.25) is 5.91 Å². The number of amides is 1. The van der Waals surface area contributed by atoms with Crippen molar-refractivity contribution in [3.05, 3.63) is 112 Å². The standard InChI is InChI=1S/C30H30ClN5OS/c1-19-12-13-22(31)18-26(19)36-20(2)17-24(21(36)3)29-28(25-11-7-8-15-32-25)34-30(38)35(29)16-14-27(37)33-23-9-5-4-6-10-23/h4-13,15,17-18,28-29H,14,16H2,1-3H3,(H,33,37)(H,34,38)/t28-,29-/m1/s1. The van der Waals surface area contributed by atoms with E-state index in [0.717, 1.165) is 39.6 Å². The average molecular weight is 544 g/mol. The fourth-order valence-electron chi connectivity index (χ4n) is 5.23. The Balaban J connectivity index is 1.50. The molecule has 0 radical (unpaired) electrons. The van der Waals surface area contributed by atoms with Gasteiger partial charge in [-0.15, -0.1) is 0 Å². The number of hydrogen-bond donors (Lipinski definition) is 2. The molecule has 1 amide bonds. The molecule has 1 saturated heterocycles. The zero-order valence-corrected chi connectivity index (χ0v) is 23.2. The van der Waals surface area contributed by atoms with E-state index in [2.05, 4.69) is 51.9 Å². The molecule has 0 unspecified atom stereocenters. The second kappa shape index (κ2) is 11.0. The van der Waals surface area contributed by atoms with Crippen LogP contribution in [-0.4, -0.2) is 32.0 Å². The summed E-state index contributed by atoms with van der Waals surface area (Å²) in [6.45, 7) is 6.79. The van der Waals surface area contributed by atoms with Crippen molar-refractivity contribution in [1.82, 2.24) is 19.8 Å². The summed E-state index contributed by atoms with van der Waals surface area (Å²) in [4.78, 5) is 19.6. The molecule has 194 valence electrons. The van der Waals surface area contributed by atoms with Crippen LogP contribution in [0, 0.1) is 20.8 Å². The molecule has 8 heteroatoms. The number of thiocarbonyl (C=S) groups is 1. The Bertz CT molecular complexity index is 1470. The Morgan fingerprint density at radius 1 is 1.05 bits per heavy atom. The molecule has 1 aliphatic rings. The fraction of sp³-hybridized carbons (Fsp3) is 0.233. The molecule has 0 aliphatic carbocycles. The largest absolute Gasteiger partial charge is 0.352 e. The van der Waals surface area contributed by atoms with Crippen LogP contribution in [0.25, 0.3) is 5.69 Å². The number of anilines is 1. The van der Waals surface area contributed by atoms with Crippen molar-refractivity contribution in [3.63, 3.8) is 0 Å². The number of benzene rings is 2. The summed E-state index contributed by atoms with van der Waals surface area (Å²) in [5, 5.41) is 7.78. The minimum atomic E-state index is -0.157. The lowest BCUT2D eigenvalue weighted by Gasteiger charge is -2.28. The fourth-order valence-corrected chi connectivity index (χ4v) is 5.73. The predicted molar refractivity (Wildman–Crippen MR) is 157 cm³/mol. The van der Waals surface area contributed by atoms with Gasteiger partial charge in [0.1, 0.15) is 0 Å². The van der Waals surface area contributed by atoms with Crippen molar-refractivity contribution < 1.29 is 4.79 Å². The maximum absolute atomic E-state index is 12.8. The number of hydrogen-bond acceptors (Lipinski definition) is 3. The lowest BCUT2D eigenvalue weighted by molar-refractivity contribution is -0.116. The van der Waals surface area contributed by atoms with Crippen molar-refractivity contribution in [3.8, 4) is 5.69 Å². The lowest BCUT2D eigenvalue weighted by Crippen LogP contribution is -2.32. The van der Waals surface area contributed by atoms with Gasteiger partial charge in [-0.25, -0.2) is 0 Å². The molecule has 38 heavy (non-hydrogen) atoms. The van der Waals surface area contributed by atoms with E-state index in [1.807, 2.05) is 66.7 Å². The summed E-state index contributed by atoms with van der Waals surface area (Å²) in [6.07, 6.45) is 2.10. The van der Waals surface area contributed by atoms with E-state index in [9.17, 15) is 4.79 Å². The SMILES string of the molecule is Cc1ccc(Cl)cc1-n1c(C)cc([C@@H]2[C@@H](c3ccccn3)NC(=S)N2CCC(=O)Nc2ccccc2)c1C. The van der Waals surface area contributed by atoms with Gasteiger partial charge in [-0.05, 0) is 86.6 Å². The smallest absolute Gasteiger partial charge is 0.226 e. The van der Waals surface area contributed by atoms with Crippen LogP contribution in [0.5, 0.6) is 0 Å². The molecule has 4 aromatic rings. The molecule has 2 aromatic heterocycles. The van der Waals surface area contributed by atoms with Crippen LogP contribution in [0.15, 0.2) is 79.0 Å². The number of rotatable bonds is 7. The van der Waals surface area contributed by atoms with Crippen LogP contribution in [0.2, 0.25) is 5.02 Å². The lowest BCUT2D eigenvalue weighted by atomic mass is 9.96. The van der Waals surface area contributed by atoms with Gasteiger partial charge in [-0.3, -0.25) is 9.78 Å². The molecule has 2 N–H and O–H groups in total. The third-order valence-corrected chi connectivity index (χ3v) is 7.62. The molecule has 0 bridgehead atoms. The first kappa shape index (κ1) is 25.9. The topological polar surface area (TPSA) is 62.2 Å². The molecular weight excluding hydrogens is 514 g/mol. The van der Waals surface area contributed by atoms with Crippen molar-refractivity contribution in [2.75, 3.05) is 11.9 Å². The van der Waals surface area contributed by atoms with Gasteiger partial charge in [-0.2, -0.15) is 0 Å². The van der Waals surface area contributed by atoms with Crippen LogP contribution >= 0.6 is 23.8 Å². The van der Waals surface area contributed by atoms with E-state index < -0.39 is 0 Å². The molecule has 3 heterocycles. The highest BCUT2D eigenvalue weighted by atomic mass is 35.5. The first-order chi connectivity index (χ1) is 18.3. The zero-order valence-electron chi connectivity index (χ0n) is 21.6. The van der Waals surface area contributed by atoms with Gasteiger partial charge in [-0.1, -0.05) is 41.9 Å². The maximum Gasteiger partial charge on any atom is 0.226 e. The maximum atomic E-state index is 12.8. The number of pyridine rings is 1. The Hall–Kier alpha value is -3.68. The van der Waals surface area contributed by atoms with Gasteiger partial charge in [0.15, 0.2) is 5.11 Å². The Morgan fingerprint density at radius 3 is 2.55 bits per heavy atom. The van der Waals surface area contributed by atoms with E-state index in [-0.39, 0.29) is 18.0 Å². The molecule has 1 aliphatic heterocycles. The molecule has 6 nitrogen and oxygen atoms in total. The van der Waals surface area contributed by atoms with Gasteiger partial charge >= 0.3 is 0 Å². The number of halogens is 1. The van der Waals surface area contributed by atoms with Crippen molar-refractivity contribution in [2.45, 2.75) is 39.3 Å². The van der Waals surface area contributed by atoms with E-state index in [4.69, 9.17) is 23.8 Å². The van der Waals surface area contributed by atoms with Crippen molar-refractivity contribution in [1.29, 1.82) is 0 Å². The number of aryl methyl sites for hydroxylation is 2. The van der Waals surface area contributed by atoms with Crippen LogP contribution in [0.3, 0.4) is 0 Å². The zero-order chi connectivity index (χ0) is 26.8. The first-order valence-electron chi connectivity index (χ1n) is 12.6. The summed E-state index contributed by atoms with van der Waals surface area (Å²) in [5.41, 5.74) is 7.20. The Morgan fingerprint density at radius 2 is 1.82 bits per heavy atom. The number of carbonyl (C=O) groups excluding carboxylic acids is 1. The second-order valence-electron chi connectivity index (χ2n) is 9.58. The van der Waals surface area contributed by atoms with Crippen LogP contribution < -0.4 is 10.6 Å². The third kappa shape index (κ3) is 5.17. The summed E-state index contributed by atoms with van der Waals surface area (Å²) in [7, 11) is 0. The highest BCUT2D eigenvalue weighted by Gasteiger charge is 2.41. The van der Waals surface area contributed by atoms with Crippen molar-refractivity contribution >= 4 is 40.5 Å². The summed E-state index contributed by atoms with van der Waals surface area (Å²) in [6, 6.07) is 23.3. The summed E-state index contributed by atoms with van der Waals surface area (Å²) >= 11 is 12.2. The minimum Gasteiger partial charge on any atom is -0.352 e. The van der Waals surface area contributed by atoms with E-state index in [1.165, 1.54) is 0 Å². The van der Waals surface area contributed by atoms with Crippen LogP contribution in [0.4, 0.5) is 5.69 Å². The predicted octanol–water partition coefficient (Wildman–Crippen LogP) is 6.45. The molecule has 5 rings (SSSR count).